The summed E-state index contributed by atoms with van der Waals surface area (Å²) in [4.78, 5) is 34.9. The van der Waals surface area contributed by atoms with Crippen molar-refractivity contribution in [1.29, 1.82) is 0 Å². The van der Waals surface area contributed by atoms with Crippen LogP contribution in [0.1, 0.15) is 12.8 Å². The number of aliphatic hydroxyl groups is 2. The number of aliphatic hydroxyl groups excluding tert-OH is 2. The molecule has 19 heavy (non-hydrogen) atoms. The van der Waals surface area contributed by atoms with Gasteiger partial charge in [-0.25, -0.2) is 9.59 Å². The molecule has 4 atom stereocenters. The van der Waals surface area contributed by atoms with Crippen molar-refractivity contribution in [3.05, 3.63) is 0 Å². The second-order valence-electron chi connectivity index (χ2n) is 4.43. The van der Waals surface area contributed by atoms with Crippen LogP contribution in [-0.4, -0.2) is 69.2 Å². The lowest BCUT2D eigenvalue weighted by Crippen LogP contribution is -2.61. The van der Waals surface area contributed by atoms with Gasteiger partial charge in [-0.15, -0.1) is 0 Å². The van der Waals surface area contributed by atoms with Gasteiger partial charge in [0.15, 0.2) is 0 Å². The van der Waals surface area contributed by atoms with Crippen LogP contribution in [0.4, 0.5) is 4.79 Å². The first-order valence-electron chi connectivity index (χ1n) is 5.73. The predicted octanol–water partition coefficient (Wildman–Crippen LogP) is -2.15. The van der Waals surface area contributed by atoms with E-state index in [-0.39, 0.29) is 12.8 Å². The van der Waals surface area contributed by atoms with Crippen molar-refractivity contribution in [3.63, 3.8) is 0 Å². The predicted molar refractivity (Wildman–Crippen MR) is 57.8 cm³/mol. The topological polar surface area (TPSA) is 136 Å². The normalized spacial score (nSPS) is 35.4. The first-order valence-corrected chi connectivity index (χ1v) is 5.73. The lowest BCUT2D eigenvalue weighted by molar-refractivity contribution is -0.152. The largest absolute Gasteiger partial charge is 0.480 e. The molecule has 0 aromatic carbocycles. The van der Waals surface area contributed by atoms with Crippen molar-refractivity contribution >= 4 is 17.9 Å². The number of rotatable bonds is 3. The van der Waals surface area contributed by atoms with E-state index in [9.17, 15) is 19.5 Å². The number of hydrogen-bond acceptors (Lipinski definition) is 6. The van der Waals surface area contributed by atoms with Crippen LogP contribution < -0.4 is 5.32 Å². The average Bonchev–Trinajstić information content (AvgIpc) is 2.68. The van der Waals surface area contributed by atoms with Gasteiger partial charge in [-0.2, -0.15) is 0 Å². The van der Waals surface area contributed by atoms with Crippen LogP contribution in [0.15, 0.2) is 0 Å². The molecule has 106 valence electrons. The fraction of sp³-hybridized carbons (Fsp3) is 0.700. The van der Waals surface area contributed by atoms with Crippen LogP contribution in [0.3, 0.4) is 0 Å². The fourth-order valence-corrected chi connectivity index (χ4v) is 2.24. The number of aliphatic carboxylic acids is 1. The molecule has 0 aromatic rings. The smallest absolute Gasteiger partial charge is 0.327 e. The van der Waals surface area contributed by atoms with E-state index < -0.39 is 49.0 Å². The minimum absolute atomic E-state index is 0.0172. The van der Waals surface area contributed by atoms with Crippen LogP contribution in [-0.2, 0) is 14.3 Å². The van der Waals surface area contributed by atoms with E-state index in [2.05, 4.69) is 0 Å². The van der Waals surface area contributed by atoms with Gasteiger partial charge in [0.25, 0.3) is 0 Å². The summed E-state index contributed by atoms with van der Waals surface area (Å²) in [6.07, 6.45) is -3.24. The molecule has 9 heteroatoms. The number of nitrogens with zero attached hydrogens (tertiary/aromatic N) is 1. The molecule has 0 radical (unpaired) electrons. The summed E-state index contributed by atoms with van der Waals surface area (Å²) in [6.45, 7) is -0.441. The number of nitrogens with one attached hydrogen (secondary N) is 1. The molecule has 3 amide bonds. The highest BCUT2D eigenvalue weighted by Crippen LogP contribution is 2.27. The number of imide groups is 1. The van der Waals surface area contributed by atoms with Crippen molar-refractivity contribution < 1.29 is 34.4 Å². The third-order valence-electron chi connectivity index (χ3n) is 3.17. The summed E-state index contributed by atoms with van der Waals surface area (Å²) in [7, 11) is 0. The first-order chi connectivity index (χ1) is 8.93. The summed E-state index contributed by atoms with van der Waals surface area (Å²) in [5.74, 6) is -2.00. The Labute approximate surface area is 107 Å². The minimum Gasteiger partial charge on any atom is -0.480 e. The van der Waals surface area contributed by atoms with Gasteiger partial charge in [0.05, 0.1) is 19.1 Å². The Morgan fingerprint density at radius 1 is 1.47 bits per heavy atom. The van der Waals surface area contributed by atoms with E-state index in [1.807, 2.05) is 5.32 Å². The van der Waals surface area contributed by atoms with Gasteiger partial charge in [-0.3, -0.25) is 15.0 Å². The Morgan fingerprint density at radius 2 is 2.16 bits per heavy atom. The quantitative estimate of drug-likeness (QED) is 0.460. The molecule has 2 aliphatic heterocycles. The molecular formula is C10H14N2O7. The van der Waals surface area contributed by atoms with Gasteiger partial charge < -0.3 is 20.1 Å². The molecule has 2 heterocycles. The van der Waals surface area contributed by atoms with Crippen molar-refractivity contribution in [2.75, 3.05) is 6.61 Å². The van der Waals surface area contributed by atoms with E-state index in [0.717, 1.165) is 4.90 Å². The lowest BCUT2D eigenvalue weighted by atomic mass is 10.1. The summed E-state index contributed by atoms with van der Waals surface area (Å²) in [5.41, 5.74) is 0. The van der Waals surface area contributed by atoms with Gasteiger partial charge in [-0.1, -0.05) is 0 Å². The molecule has 2 aliphatic rings. The molecule has 9 nitrogen and oxygen atoms in total. The van der Waals surface area contributed by atoms with E-state index in [4.69, 9.17) is 14.9 Å². The highest BCUT2D eigenvalue weighted by Gasteiger charge is 2.46. The lowest BCUT2D eigenvalue weighted by Gasteiger charge is -2.36. The second-order valence-corrected chi connectivity index (χ2v) is 4.43. The summed E-state index contributed by atoms with van der Waals surface area (Å²) in [5, 5.41) is 29.6. The first kappa shape index (κ1) is 13.7. The number of urea groups is 1. The van der Waals surface area contributed by atoms with Crippen molar-refractivity contribution in [2.24, 2.45) is 0 Å². The molecule has 0 saturated carbocycles. The molecule has 0 bridgehead atoms. The highest BCUT2D eigenvalue weighted by atomic mass is 16.5. The van der Waals surface area contributed by atoms with Crippen LogP contribution in [0.5, 0.6) is 0 Å². The molecular weight excluding hydrogens is 260 g/mol. The zero-order chi connectivity index (χ0) is 14.2. The third-order valence-corrected chi connectivity index (χ3v) is 3.17. The van der Waals surface area contributed by atoms with E-state index >= 15 is 0 Å². The maximum atomic E-state index is 11.7. The van der Waals surface area contributed by atoms with Crippen molar-refractivity contribution in [3.8, 4) is 0 Å². The Kier molecular flexibility index (Phi) is 3.69. The maximum absolute atomic E-state index is 11.7. The van der Waals surface area contributed by atoms with E-state index in [0.29, 0.717) is 0 Å². The Hall–Kier alpha value is -1.71. The number of hydrogen-bond donors (Lipinski definition) is 4. The van der Waals surface area contributed by atoms with Gasteiger partial charge >= 0.3 is 12.0 Å². The van der Waals surface area contributed by atoms with Crippen LogP contribution in [0.25, 0.3) is 0 Å². The zero-order valence-electron chi connectivity index (χ0n) is 9.85. The standard InChI is InChI=1S/C10H14N2O7/c13-3-6-5(14)2-8(19-6)12-4(9(16)17)1-7(15)11-10(12)18/h4-6,8,13-14H,1-3H2,(H,16,17)(H,11,15,18)/t4?,5-,6+,8+/m0/s1. The molecule has 4 N–H and O–H groups in total. The Bertz CT molecular complexity index is 413. The number of ether oxygens (including phenoxy) is 1. The maximum Gasteiger partial charge on any atom is 0.327 e. The molecule has 0 aliphatic carbocycles. The van der Waals surface area contributed by atoms with Gasteiger partial charge in [0.1, 0.15) is 18.4 Å². The van der Waals surface area contributed by atoms with E-state index in [1.165, 1.54) is 0 Å². The summed E-state index contributed by atoms with van der Waals surface area (Å²) < 4.78 is 5.24. The van der Waals surface area contributed by atoms with Crippen LogP contribution >= 0.6 is 0 Å². The van der Waals surface area contributed by atoms with Gasteiger partial charge in [0, 0.05) is 6.42 Å². The summed E-state index contributed by atoms with van der Waals surface area (Å²) >= 11 is 0. The third kappa shape index (κ3) is 2.53. The fourth-order valence-electron chi connectivity index (χ4n) is 2.24. The SMILES string of the molecule is O=C1CC(C(=O)O)N([C@H]2C[C@H](O)[C@@H](CO)O2)C(=O)N1. The Balaban J connectivity index is 2.18. The Morgan fingerprint density at radius 3 is 2.68 bits per heavy atom. The number of carboxylic acid groups (broad SMARTS) is 1. The van der Waals surface area contributed by atoms with Crippen molar-refractivity contribution in [2.45, 2.75) is 37.3 Å². The molecule has 2 fully saturated rings. The molecule has 0 spiro atoms. The number of carboxylic acids is 1. The van der Waals surface area contributed by atoms with Gasteiger partial charge in [-0.05, 0) is 0 Å². The average molecular weight is 274 g/mol. The monoisotopic (exact) mass is 274 g/mol. The number of carbonyl (C=O) groups is 3. The summed E-state index contributed by atoms with van der Waals surface area (Å²) in [6, 6.07) is -2.21. The minimum atomic E-state index is -1.34. The van der Waals surface area contributed by atoms with Crippen molar-refractivity contribution in [1.82, 2.24) is 10.2 Å². The molecule has 2 rings (SSSR count). The molecule has 2 saturated heterocycles. The zero-order valence-corrected chi connectivity index (χ0v) is 9.85. The molecule has 1 unspecified atom stereocenters. The highest BCUT2D eigenvalue weighted by molar-refractivity contribution is 6.01. The van der Waals surface area contributed by atoms with Crippen LogP contribution in [0, 0.1) is 0 Å². The number of carbonyl (C=O) groups excluding carboxylic acids is 2. The van der Waals surface area contributed by atoms with E-state index in [1.54, 1.807) is 0 Å². The number of amides is 3. The van der Waals surface area contributed by atoms with Crippen LogP contribution in [0.2, 0.25) is 0 Å². The van der Waals surface area contributed by atoms with Gasteiger partial charge in [0.2, 0.25) is 5.91 Å². The second kappa shape index (κ2) is 5.11. The molecule has 0 aromatic heterocycles.